The van der Waals surface area contributed by atoms with E-state index in [-0.39, 0.29) is 12.3 Å². The van der Waals surface area contributed by atoms with Gasteiger partial charge >= 0.3 is 0 Å². The number of non-ortho nitro benzene ring substituents is 1. The van der Waals surface area contributed by atoms with Gasteiger partial charge in [-0.1, -0.05) is 11.6 Å². The van der Waals surface area contributed by atoms with Gasteiger partial charge in [0.25, 0.3) is 5.69 Å². The van der Waals surface area contributed by atoms with E-state index >= 15 is 0 Å². The molecule has 100 valence electrons. The molecule has 0 N–H and O–H groups in total. The Kier molecular flexibility index (Phi) is 4.18. The molecule has 5 nitrogen and oxygen atoms in total. The van der Waals surface area contributed by atoms with Crippen molar-refractivity contribution in [1.82, 2.24) is 0 Å². The summed E-state index contributed by atoms with van der Waals surface area (Å²) in [5.41, 5.74) is 1.28. The molecule has 0 spiro atoms. The van der Waals surface area contributed by atoms with E-state index in [9.17, 15) is 10.1 Å². The Balaban J connectivity index is 2.05. The Morgan fingerprint density at radius 1 is 1.25 bits per heavy atom. The highest BCUT2D eigenvalue weighted by atomic mass is 35.5. The molecule has 0 aromatic heterocycles. The number of nitro benzene ring substituents is 1. The Bertz CT molecular complexity index is 678. The van der Waals surface area contributed by atoms with E-state index in [1.807, 2.05) is 6.07 Å². The molecule has 0 fully saturated rings. The number of benzene rings is 2. The molecule has 0 aliphatic heterocycles. The fourth-order valence-corrected chi connectivity index (χ4v) is 1.80. The minimum Gasteiger partial charge on any atom is -0.487 e. The summed E-state index contributed by atoms with van der Waals surface area (Å²) in [6.45, 7) is 0.240. The monoisotopic (exact) mass is 288 g/mol. The van der Waals surface area contributed by atoms with Crippen molar-refractivity contribution in [1.29, 1.82) is 5.26 Å². The topological polar surface area (TPSA) is 76.2 Å². The van der Waals surface area contributed by atoms with Crippen LogP contribution in [0, 0.1) is 21.4 Å². The SMILES string of the molecule is N#Cc1ccc(OCc2ccc([N+](=O)[O-])cc2)c(Cl)c1. The zero-order valence-electron chi connectivity index (χ0n) is 10.2. The summed E-state index contributed by atoms with van der Waals surface area (Å²) >= 11 is 5.98. The molecule has 20 heavy (non-hydrogen) atoms. The second-order valence-corrected chi connectivity index (χ2v) is 4.38. The minimum absolute atomic E-state index is 0.0326. The van der Waals surface area contributed by atoms with Crippen molar-refractivity contribution in [2.24, 2.45) is 0 Å². The molecule has 0 amide bonds. The van der Waals surface area contributed by atoms with Crippen molar-refractivity contribution in [3.8, 4) is 11.8 Å². The zero-order valence-corrected chi connectivity index (χ0v) is 11.0. The lowest BCUT2D eigenvalue weighted by Gasteiger charge is -2.08. The molecule has 0 heterocycles. The Hall–Kier alpha value is -2.58. The average molecular weight is 289 g/mol. The van der Waals surface area contributed by atoms with Crippen LogP contribution in [0.4, 0.5) is 5.69 Å². The first-order chi connectivity index (χ1) is 9.60. The first-order valence-electron chi connectivity index (χ1n) is 5.66. The molecule has 0 unspecified atom stereocenters. The largest absolute Gasteiger partial charge is 0.487 e. The molecule has 0 radical (unpaired) electrons. The van der Waals surface area contributed by atoms with Gasteiger partial charge in [0.1, 0.15) is 12.4 Å². The van der Waals surface area contributed by atoms with Crippen molar-refractivity contribution >= 4 is 17.3 Å². The maximum Gasteiger partial charge on any atom is 0.269 e. The van der Waals surface area contributed by atoms with Gasteiger partial charge in [0.2, 0.25) is 0 Å². The van der Waals surface area contributed by atoms with Gasteiger partial charge < -0.3 is 4.74 Å². The molecule has 2 aromatic rings. The number of rotatable bonds is 4. The smallest absolute Gasteiger partial charge is 0.269 e. The molecular formula is C14H9ClN2O3. The van der Waals surface area contributed by atoms with Gasteiger partial charge in [-0.25, -0.2) is 0 Å². The Morgan fingerprint density at radius 2 is 1.95 bits per heavy atom. The van der Waals surface area contributed by atoms with E-state index in [0.29, 0.717) is 16.3 Å². The maximum atomic E-state index is 10.5. The fourth-order valence-electron chi connectivity index (χ4n) is 1.56. The maximum absolute atomic E-state index is 10.5. The molecule has 0 saturated carbocycles. The average Bonchev–Trinajstić information content (AvgIpc) is 2.46. The summed E-state index contributed by atoms with van der Waals surface area (Å²) in [6.07, 6.45) is 0. The van der Waals surface area contributed by atoms with E-state index in [2.05, 4.69) is 0 Å². The number of ether oxygens (including phenoxy) is 1. The van der Waals surface area contributed by atoms with Crippen LogP contribution in [-0.2, 0) is 6.61 Å². The van der Waals surface area contributed by atoms with E-state index < -0.39 is 4.92 Å². The molecular weight excluding hydrogens is 280 g/mol. The summed E-state index contributed by atoms with van der Waals surface area (Å²) in [5, 5.41) is 19.6. The van der Waals surface area contributed by atoms with Crippen molar-refractivity contribution in [2.75, 3.05) is 0 Å². The van der Waals surface area contributed by atoms with Gasteiger partial charge in [-0.2, -0.15) is 5.26 Å². The number of hydrogen-bond acceptors (Lipinski definition) is 4. The van der Waals surface area contributed by atoms with Crippen LogP contribution in [0.15, 0.2) is 42.5 Å². The van der Waals surface area contributed by atoms with E-state index in [1.165, 1.54) is 18.2 Å². The van der Waals surface area contributed by atoms with Crippen molar-refractivity contribution in [3.05, 3.63) is 68.7 Å². The molecule has 0 aliphatic rings. The number of halogens is 1. The summed E-state index contributed by atoms with van der Waals surface area (Å²) < 4.78 is 5.51. The number of nitriles is 1. The molecule has 6 heteroatoms. The standard InChI is InChI=1S/C14H9ClN2O3/c15-13-7-11(8-16)3-6-14(13)20-9-10-1-4-12(5-2-10)17(18)19/h1-7H,9H2. The van der Waals surface area contributed by atoms with Crippen molar-refractivity contribution < 1.29 is 9.66 Å². The van der Waals surface area contributed by atoms with Gasteiger partial charge in [0.05, 0.1) is 21.6 Å². The Labute approximate surface area is 120 Å². The molecule has 2 aromatic carbocycles. The number of hydrogen-bond donors (Lipinski definition) is 0. The highest BCUT2D eigenvalue weighted by Gasteiger charge is 2.06. The normalized spacial score (nSPS) is 9.80. The first-order valence-corrected chi connectivity index (χ1v) is 6.04. The van der Waals surface area contributed by atoms with Crippen LogP contribution in [0.25, 0.3) is 0 Å². The van der Waals surface area contributed by atoms with Crippen molar-refractivity contribution in [3.63, 3.8) is 0 Å². The summed E-state index contributed by atoms with van der Waals surface area (Å²) in [4.78, 5) is 10.1. The third-order valence-electron chi connectivity index (χ3n) is 2.60. The summed E-state index contributed by atoms with van der Waals surface area (Å²) in [7, 11) is 0. The summed E-state index contributed by atoms with van der Waals surface area (Å²) in [5.74, 6) is 0.462. The first kappa shape index (κ1) is 13.8. The number of nitrogens with zero attached hydrogens (tertiary/aromatic N) is 2. The Morgan fingerprint density at radius 3 is 2.50 bits per heavy atom. The van der Waals surface area contributed by atoms with Gasteiger partial charge in [0, 0.05) is 12.1 Å². The van der Waals surface area contributed by atoms with Gasteiger partial charge in [-0.3, -0.25) is 10.1 Å². The van der Waals surface area contributed by atoms with Crippen LogP contribution in [0.1, 0.15) is 11.1 Å². The second-order valence-electron chi connectivity index (χ2n) is 3.97. The highest BCUT2D eigenvalue weighted by molar-refractivity contribution is 6.32. The number of nitro groups is 1. The van der Waals surface area contributed by atoms with Crippen LogP contribution in [-0.4, -0.2) is 4.92 Å². The molecule has 2 rings (SSSR count). The minimum atomic E-state index is -0.456. The lowest BCUT2D eigenvalue weighted by atomic mass is 10.2. The van der Waals surface area contributed by atoms with Crippen LogP contribution in [0.5, 0.6) is 5.75 Å². The van der Waals surface area contributed by atoms with Gasteiger partial charge in [-0.05, 0) is 35.9 Å². The van der Waals surface area contributed by atoms with E-state index in [1.54, 1.807) is 24.3 Å². The lowest BCUT2D eigenvalue weighted by molar-refractivity contribution is -0.384. The lowest BCUT2D eigenvalue weighted by Crippen LogP contribution is -1.96. The van der Waals surface area contributed by atoms with Gasteiger partial charge in [0.15, 0.2) is 0 Å². The third kappa shape index (κ3) is 3.25. The summed E-state index contributed by atoms with van der Waals surface area (Å²) in [6, 6.07) is 12.8. The second kappa shape index (κ2) is 6.04. The van der Waals surface area contributed by atoms with Crippen molar-refractivity contribution in [2.45, 2.75) is 6.61 Å². The van der Waals surface area contributed by atoms with Crippen LogP contribution in [0.3, 0.4) is 0 Å². The van der Waals surface area contributed by atoms with Crippen LogP contribution < -0.4 is 4.74 Å². The molecule has 0 atom stereocenters. The molecule has 0 aliphatic carbocycles. The van der Waals surface area contributed by atoms with E-state index in [4.69, 9.17) is 21.6 Å². The van der Waals surface area contributed by atoms with Crippen LogP contribution in [0.2, 0.25) is 5.02 Å². The fraction of sp³-hybridized carbons (Fsp3) is 0.0714. The zero-order chi connectivity index (χ0) is 14.5. The van der Waals surface area contributed by atoms with E-state index in [0.717, 1.165) is 5.56 Å². The highest BCUT2D eigenvalue weighted by Crippen LogP contribution is 2.26. The quantitative estimate of drug-likeness (QED) is 0.635. The van der Waals surface area contributed by atoms with Crippen LogP contribution >= 0.6 is 11.6 Å². The predicted molar refractivity (Wildman–Crippen MR) is 73.6 cm³/mol. The van der Waals surface area contributed by atoms with Gasteiger partial charge in [-0.15, -0.1) is 0 Å². The predicted octanol–water partition coefficient (Wildman–Crippen LogP) is 3.70. The molecule has 0 saturated heterocycles. The molecule has 0 bridgehead atoms. The third-order valence-corrected chi connectivity index (χ3v) is 2.90.